The van der Waals surface area contributed by atoms with Gasteiger partial charge >= 0.3 is 0 Å². The van der Waals surface area contributed by atoms with E-state index in [4.69, 9.17) is 16.7 Å². The molecule has 0 aromatic rings. The third-order valence-corrected chi connectivity index (χ3v) is 2.00. The Labute approximate surface area is 79.6 Å². The lowest BCUT2D eigenvalue weighted by atomic mass is 10.0. The SMILES string of the molecule is C=C(Cl)CNCC(CC)CCO. The van der Waals surface area contributed by atoms with Crippen LogP contribution in [0.4, 0.5) is 0 Å². The van der Waals surface area contributed by atoms with Crippen molar-refractivity contribution in [3.8, 4) is 0 Å². The minimum atomic E-state index is 0.266. The van der Waals surface area contributed by atoms with Gasteiger partial charge in [0, 0.05) is 18.2 Å². The molecule has 0 fully saturated rings. The minimum absolute atomic E-state index is 0.266. The van der Waals surface area contributed by atoms with Gasteiger partial charge in [0.05, 0.1) is 0 Å². The van der Waals surface area contributed by atoms with E-state index in [1.54, 1.807) is 0 Å². The van der Waals surface area contributed by atoms with Gasteiger partial charge in [0.2, 0.25) is 0 Å². The number of rotatable bonds is 7. The molecule has 0 saturated carbocycles. The highest BCUT2D eigenvalue weighted by molar-refractivity contribution is 6.29. The summed E-state index contributed by atoms with van der Waals surface area (Å²) in [4.78, 5) is 0. The van der Waals surface area contributed by atoms with E-state index in [0.717, 1.165) is 19.4 Å². The zero-order chi connectivity index (χ0) is 9.40. The largest absolute Gasteiger partial charge is 0.396 e. The van der Waals surface area contributed by atoms with Crippen LogP contribution in [0.2, 0.25) is 0 Å². The summed E-state index contributed by atoms with van der Waals surface area (Å²) in [5.41, 5.74) is 0. The molecule has 72 valence electrons. The molecule has 1 atom stereocenters. The van der Waals surface area contributed by atoms with Crippen LogP contribution in [0.5, 0.6) is 0 Å². The summed E-state index contributed by atoms with van der Waals surface area (Å²) in [5.74, 6) is 0.547. The highest BCUT2D eigenvalue weighted by atomic mass is 35.5. The second-order valence-electron chi connectivity index (χ2n) is 2.93. The van der Waals surface area contributed by atoms with Gasteiger partial charge in [-0.1, -0.05) is 31.5 Å². The van der Waals surface area contributed by atoms with Gasteiger partial charge in [-0.25, -0.2) is 0 Å². The number of aliphatic hydroxyl groups is 1. The molecule has 1 unspecified atom stereocenters. The van der Waals surface area contributed by atoms with Crippen molar-refractivity contribution >= 4 is 11.6 Å². The normalized spacial score (nSPS) is 12.9. The van der Waals surface area contributed by atoms with Gasteiger partial charge in [0.15, 0.2) is 0 Å². The van der Waals surface area contributed by atoms with Crippen LogP contribution in [0.3, 0.4) is 0 Å². The average Bonchev–Trinajstić information content (AvgIpc) is 2.02. The maximum atomic E-state index is 8.70. The van der Waals surface area contributed by atoms with Crippen molar-refractivity contribution in [3.05, 3.63) is 11.6 Å². The van der Waals surface area contributed by atoms with Gasteiger partial charge in [-0.05, 0) is 18.9 Å². The van der Waals surface area contributed by atoms with Crippen molar-refractivity contribution in [2.75, 3.05) is 19.7 Å². The van der Waals surface area contributed by atoms with Crippen LogP contribution in [0.1, 0.15) is 19.8 Å². The molecule has 3 heteroatoms. The fourth-order valence-electron chi connectivity index (χ4n) is 1.05. The minimum Gasteiger partial charge on any atom is -0.396 e. The van der Waals surface area contributed by atoms with Crippen molar-refractivity contribution < 1.29 is 5.11 Å². The Morgan fingerprint density at radius 2 is 2.33 bits per heavy atom. The molecule has 0 aromatic heterocycles. The van der Waals surface area contributed by atoms with Crippen LogP contribution in [-0.4, -0.2) is 24.8 Å². The summed E-state index contributed by atoms with van der Waals surface area (Å²) in [5, 5.41) is 12.5. The molecule has 0 bridgehead atoms. The fraction of sp³-hybridized carbons (Fsp3) is 0.778. The summed E-state index contributed by atoms with van der Waals surface area (Å²) >= 11 is 5.58. The first-order valence-electron chi connectivity index (χ1n) is 4.35. The Morgan fingerprint density at radius 3 is 2.75 bits per heavy atom. The summed E-state index contributed by atoms with van der Waals surface area (Å²) in [6.45, 7) is 7.53. The molecule has 0 rings (SSSR count). The van der Waals surface area contributed by atoms with Crippen LogP contribution >= 0.6 is 11.6 Å². The van der Waals surface area contributed by atoms with Crippen LogP contribution in [0, 0.1) is 5.92 Å². The summed E-state index contributed by atoms with van der Waals surface area (Å²) in [6, 6.07) is 0. The fourth-order valence-corrected chi connectivity index (χ4v) is 1.14. The smallest absolute Gasteiger partial charge is 0.0434 e. The Kier molecular flexibility index (Phi) is 7.56. The van der Waals surface area contributed by atoms with Crippen molar-refractivity contribution in [2.24, 2.45) is 5.92 Å². The number of aliphatic hydroxyl groups excluding tert-OH is 1. The zero-order valence-corrected chi connectivity index (χ0v) is 8.40. The lowest BCUT2D eigenvalue weighted by molar-refractivity contribution is 0.252. The molecule has 0 aliphatic rings. The highest BCUT2D eigenvalue weighted by Gasteiger charge is 2.03. The van der Waals surface area contributed by atoms with Crippen molar-refractivity contribution in [1.82, 2.24) is 5.32 Å². The van der Waals surface area contributed by atoms with Crippen LogP contribution in [0.15, 0.2) is 11.6 Å². The van der Waals surface area contributed by atoms with Crippen molar-refractivity contribution in [1.29, 1.82) is 0 Å². The predicted octanol–water partition coefficient (Wildman–Crippen LogP) is 1.74. The van der Waals surface area contributed by atoms with E-state index in [2.05, 4.69) is 18.8 Å². The first kappa shape index (κ1) is 11.9. The second-order valence-corrected chi connectivity index (χ2v) is 3.47. The number of hydrogen-bond donors (Lipinski definition) is 2. The number of hydrogen-bond acceptors (Lipinski definition) is 2. The van der Waals surface area contributed by atoms with E-state index in [-0.39, 0.29) is 6.61 Å². The molecule has 0 radical (unpaired) electrons. The molecule has 0 aliphatic carbocycles. The summed E-state index contributed by atoms with van der Waals surface area (Å²) in [7, 11) is 0. The van der Waals surface area contributed by atoms with Crippen molar-refractivity contribution in [3.63, 3.8) is 0 Å². The predicted molar refractivity (Wildman–Crippen MR) is 53.3 cm³/mol. The van der Waals surface area contributed by atoms with E-state index in [0.29, 0.717) is 17.5 Å². The van der Waals surface area contributed by atoms with Crippen LogP contribution in [0.25, 0.3) is 0 Å². The Balaban J connectivity index is 3.37. The maximum Gasteiger partial charge on any atom is 0.0434 e. The lowest BCUT2D eigenvalue weighted by Gasteiger charge is -2.13. The van der Waals surface area contributed by atoms with Gasteiger partial charge < -0.3 is 10.4 Å². The monoisotopic (exact) mass is 191 g/mol. The molecule has 0 aliphatic heterocycles. The third kappa shape index (κ3) is 6.65. The Morgan fingerprint density at radius 1 is 1.67 bits per heavy atom. The molecular formula is C9H18ClNO. The second kappa shape index (κ2) is 7.59. The number of nitrogens with one attached hydrogen (secondary N) is 1. The van der Waals surface area contributed by atoms with Gasteiger partial charge in [-0.3, -0.25) is 0 Å². The standard InChI is InChI=1S/C9H18ClNO/c1-3-9(4-5-12)7-11-6-8(2)10/h9,11-12H,2-7H2,1H3. The van der Waals surface area contributed by atoms with E-state index in [1.165, 1.54) is 0 Å². The van der Waals surface area contributed by atoms with Gasteiger partial charge in [0.1, 0.15) is 0 Å². The molecule has 0 saturated heterocycles. The van der Waals surface area contributed by atoms with E-state index >= 15 is 0 Å². The lowest BCUT2D eigenvalue weighted by Crippen LogP contribution is -2.24. The average molecular weight is 192 g/mol. The molecule has 12 heavy (non-hydrogen) atoms. The van der Waals surface area contributed by atoms with Crippen molar-refractivity contribution in [2.45, 2.75) is 19.8 Å². The van der Waals surface area contributed by atoms with Gasteiger partial charge in [-0.15, -0.1) is 0 Å². The topological polar surface area (TPSA) is 32.3 Å². The summed E-state index contributed by atoms with van der Waals surface area (Å²) in [6.07, 6.45) is 1.95. The first-order chi connectivity index (χ1) is 5.70. The Hall–Kier alpha value is -0.0500. The molecular weight excluding hydrogens is 174 g/mol. The van der Waals surface area contributed by atoms with Crippen LogP contribution in [-0.2, 0) is 0 Å². The molecule has 0 amide bonds. The molecule has 0 spiro atoms. The molecule has 2 N–H and O–H groups in total. The van der Waals surface area contributed by atoms with E-state index in [9.17, 15) is 0 Å². The quantitative estimate of drug-likeness (QED) is 0.643. The van der Waals surface area contributed by atoms with E-state index < -0.39 is 0 Å². The van der Waals surface area contributed by atoms with Gasteiger partial charge in [-0.2, -0.15) is 0 Å². The first-order valence-corrected chi connectivity index (χ1v) is 4.73. The summed E-state index contributed by atoms with van der Waals surface area (Å²) < 4.78 is 0. The van der Waals surface area contributed by atoms with Gasteiger partial charge in [0.25, 0.3) is 0 Å². The molecule has 0 aromatic carbocycles. The third-order valence-electron chi connectivity index (χ3n) is 1.86. The molecule has 0 heterocycles. The Bertz CT molecular complexity index is 128. The zero-order valence-electron chi connectivity index (χ0n) is 7.65. The van der Waals surface area contributed by atoms with E-state index in [1.807, 2.05) is 0 Å². The maximum absolute atomic E-state index is 8.70. The van der Waals surface area contributed by atoms with Crippen LogP contribution < -0.4 is 5.32 Å². The highest BCUT2D eigenvalue weighted by Crippen LogP contribution is 2.05. The molecule has 2 nitrogen and oxygen atoms in total. The number of halogens is 1.